The number of nitrogen functional groups attached to an aromatic ring is 1. The van der Waals surface area contributed by atoms with Gasteiger partial charge in [0.1, 0.15) is 5.84 Å². The predicted octanol–water partition coefficient (Wildman–Crippen LogP) is 0.643. The van der Waals surface area contributed by atoms with Gasteiger partial charge in [-0.3, -0.25) is 5.41 Å². The molecule has 1 aromatic rings. The number of alkyl halides is 3. The highest BCUT2D eigenvalue weighted by Gasteiger charge is 2.31. The predicted molar refractivity (Wildman–Crippen MR) is 34.5 cm³/mol. The Kier molecular flexibility index (Phi) is 1.79. The molecule has 0 radical (unpaired) electrons. The van der Waals surface area contributed by atoms with Crippen LogP contribution in [0.2, 0.25) is 0 Å². The van der Waals surface area contributed by atoms with Gasteiger partial charge in [-0.1, -0.05) is 0 Å². The van der Waals surface area contributed by atoms with Crippen LogP contribution in [0.25, 0.3) is 0 Å². The molecular weight excluding hydrogens is 173 g/mol. The second kappa shape index (κ2) is 2.50. The van der Waals surface area contributed by atoms with Gasteiger partial charge >= 0.3 is 6.30 Å². The molecule has 0 unspecified atom stereocenters. The molecule has 0 aromatic carbocycles. The first-order valence-electron chi connectivity index (χ1n) is 2.87. The minimum Gasteiger partial charge on any atom is -0.384 e. The molecule has 7 heteroatoms. The zero-order valence-corrected chi connectivity index (χ0v) is 5.76. The Hall–Kier alpha value is -1.53. The maximum atomic E-state index is 11.9. The Labute approximate surface area is 65.3 Å². The van der Waals surface area contributed by atoms with E-state index in [4.69, 9.17) is 11.1 Å². The summed E-state index contributed by atoms with van der Waals surface area (Å²) in [5.41, 5.74) is 4.88. The Bertz CT molecular complexity index is 300. The molecule has 0 spiro atoms. The number of nitrogens with one attached hydrogen (secondary N) is 1. The molecule has 12 heavy (non-hydrogen) atoms. The Morgan fingerprint density at radius 3 is 2.42 bits per heavy atom. The molecule has 66 valence electrons. The summed E-state index contributed by atoms with van der Waals surface area (Å²) in [6.07, 6.45) is -3.01. The SMILES string of the molecule is N=C(N)c1cnn(C(F)(F)F)c1. The molecule has 0 aliphatic rings. The van der Waals surface area contributed by atoms with Crippen molar-refractivity contribution in [2.75, 3.05) is 0 Å². The lowest BCUT2D eigenvalue weighted by Crippen LogP contribution is -2.17. The minimum absolute atomic E-state index is 0.0488. The Morgan fingerprint density at radius 2 is 2.17 bits per heavy atom. The standard InChI is InChI=1S/C5H5F3N4/c6-5(7,8)12-2-3(1-11-12)4(9)10/h1-2H,(H3,9,10). The van der Waals surface area contributed by atoms with Crippen molar-refractivity contribution in [1.82, 2.24) is 9.78 Å². The fourth-order valence-corrected chi connectivity index (χ4v) is 0.601. The molecule has 0 fully saturated rings. The molecule has 1 rings (SSSR count). The van der Waals surface area contributed by atoms with Crippen molar-refractivity contribution in [2.45, 2.75) is 6.30 Å². The number of hydrogen-bond acceptors (Lipinski definition) is 2. The van der Waals surface area contributed by atoms with Crippen LogP contribution in [0.3, 0.4) is 0 Å². The second-order valence-corrected chi connectivity index (χ2v) is 2.06. The summed E-state index contributed by atoms with van der Waals surface area (Å²) in [5, 5.41) is 9.79. The van der Waals surface area contributed by atoms with Gasteiger partial charge in [0.2, 0.25) is 0 Å². The fraction of sp³-hybridized carbons (Fsp3) is 0.200. The minimum atomic E-state index is -4.55. The van der Waals surface area contributed by atoms with Crippen LogP contribution in [0.5, 0.6) is 0 Å². The molecule has 0 bridgehead atoms. The number of rotatable bonds is 1. The molecule has 0 saturated heterocycles. The highest BCUT2D eigenvalue weighted by Crippen LogP contribution is 2.20. The van der Waals surface area contributed by atoms with Crippen LogP contribution >= 0.6 is 0 Å². The highest BCUT2D eigenvalue weighted by molar-refractivity contribution is 5.94. The van der Waals surface area contributed by atoms with Crippen molar-refractivity contribution in [2.24, 2.45) is 5.73 Å². The topological polar surface area (TPSA) is 67.7 Å². The number of aromatic nitrogens is 2. The van der Waals surface area contributed by atoms with E-state index in [1.165, 1.54) is 0 Å². The maximum Gasteiger partial charge on any atom is 0.504 e. The van der Waals surface area contributed by atoms with E-state index in [0.717, 1.165) is 6.20 Å². The Morgan fingerprint density at radius 1 is 1.58 bits per heavy atom. The van der Waals surface area contributed by atoms with Crippen LogP contribution in [0, 0.1) is 5.41 Å². The average Bonchev–Trinajstić information content (AvgIpc) is 2.30. The lowest BCUT2D eigenvalue weighted by Gasteiger charge is -2.03. The van der Waals surface area contributed by atoms with Crippen molar-refractivity contribution in [3.63, 3.8) is 0 Å². The number of halogens is 3. The quantitative estimate of drug-likeness (QED) is 0.489. The molecule has 0 amide bonds. The van der Waals surface area contributed by atoms with Crippen LogP contribution in [0.15, 0.2) is 12.4 Å². The fourth-order valence-electron chi connectivity index (χ4n) is 0.601. The molecule has 0 aliphatic heterocycles. The lowest BCUT2D eigenvalue weighted by molar-refractivity contribution is -0.212. The molecule has 0 aliphatic carbocycles. The first-order chi connectivity index (χ1) is 5.41. The van der Waals surface area contributed by atoms with Crippen molar-refractivity contribution >= 4 is 5.84 Å². The van der Waals surface area contributed by atoms with Gasteiger partial charge in [0.05, 0.1) is 11.8 Å². The first kappa shape index (κ1) is 8.57. The zero-order chi connectivity index (χ0) is 9.35. The smallest absolute Gasteiger partial charge is 0.384 e. The summed E-state index contributed by atoms with van der Waals surface area (Å²) in [6, 6.07) is 0. The van der Waals surface area contributed by atoms with Gasteiger partial charge in [-0.15, -0.1) is 13.2 Å². The molecule has 1 heterocycles. The highest BCUT2D eigenvalue weighted by atomic mass is 19.4. The first-order valence-corrected chi connectivity index (χ1v) is 2.87. The number of nitrogens with zero attached hydrogens (tertiary/aromatic N) is 2. The molecule has 4 nitrogen and oxygen atoms in total. The average molecular weight is 178 g/mol. The van der Waals surface area contributed by atoms with Crippen LogP contribution in [-0.2, 0) is 6.30 Å². The maximum absolute atomic E-state index is 11.9. The van der Waals surface area contributed by atoms with E-state index in [-0.39, 0.29) is 10.2 Å². The summed E-state index contributed by atoms with van der Waals surface area (Å²) in [6.45, 7) is 0. The van der Waals surface area contributed by atoms with Gasteiger partial charge in [0, 0.05) is 6.20 Å². The van der Waals surface area contributed by atoms with E-state index >= 15 is 0 Å². The molecule has 1 aromatic heterocycles. The van der Waals surface area contributed by atoms with Crippen molar-refractivity contribution < 1.29 is 13.2 Å². The van der Waals surface area contributed by atoms with E-state index in [0.29, 0.717) is 6.20 Å². The zero-order valence-electron chi connectivity index (χ0n) is 5.76. The van der Waals surface area contributed by atoms with Gasteiger partial charge < -0.3 is 5.73 Å². The number of nitrogens with two attached hydrogens (primary N) is 1. The van der Waals surface area contributed by atoms with Gasteiger partial charge in [0.25, 0.3) is 0 Å². The monoisotopic (exact) mass is 178 g/mol. The van der Waals surface area contributed by atoms with Gasteiger partial charge in [-0.05, 0) is 0 Å². The number of amidine groups is 1. The van der Waals surface area contributed by atoms with Gasteiger partial charge in [0.15, 0.2) is 0 Å². The van der Waals surface area contributed by atoms with Crippen LogP contribution < -0.4 is 5.73 Å². The molecule has 0 atom stereocenters. The summed E-state index contributed by atoms with van der Waals surface area (Å²) in [4.78, 5) is 0. The number of hydrogen-bond donors (Lipinski definition) is 2. The van der Waals surface area contributed by atoms with Gasteiger partial charge in [-0.25, -0.2) is 0 Å². The summed E-state index contributed by atoms with van der Waals surface area (Å²) in [5.74, 6) is -0.439. The molecule has 3 N–H and O–H groups in total. The van der Waals surface area contributed by atoms with Crippen molar-refractivity contribution in [3.05, 3.63) is 18.0 Å². The van der Waals surface area contributed by atoms with E-state index in [1.807, 2.05) is 0 Å². The molecular formula is C5H5F3N4. The third-order valence-electron chi connectivity index (χ3n) is 1.15. The molecule has 0 saturated carbocycles. The van der Waals surface area contributed by atoms with Crippen LogP contribution in [-0.4, -0.2) is 15.6 Å². The third kappa shape index (κ3) is 1.55. The summed E-state index contributed by atoms with van der Waals surface area (Å²) >= 11 is 0. The van der Waals surface area contributed by atoms with Crippen molar-refractivity contribution in [3.8, 4) is 0 Å². The van der Waals surface area contributed by atoms with Crippen LogP contribution in [0.1, 0.15) is 5.56 Å². The van der Waals surface area contributed by atoms with Gasteiger partial charge in [-0.2, -0.15) is 9.78 Å². The van der Waals surface area contributed by atoms with Crippen LogP contribution in [0.4, 0.5) is 13.2 Å². The van der Waals surface area contributed by atoms with E-state index in [1.54, 1.807) is 0 Å². The Balaban J connectivity index is 3.00. The second-order valence-electron chi connectivity index (χ2n) is 2.06. The van der Waals surface area contributed by atoms with E-state index in [9.17, 15) is 13.2 Å². The van der Waals surface area contributed by atoms with E-state index < -0.39 is 12.1 Å². The normalized spacial score (nSPS) is 11.6. The third-order valence-corrected chi connectivity index (χ3v) is 1.15. The van der Waals surface area contributed by atoms with Crippen molar-refractivity contribution in [1.29, 1.82) is 5.41 Å². The van der Waals surface area contributed by atoms with E-state index in [2.05, 4.69) is 5.10 Å². The summed E-state index contributed by atoms with van der Waals surface area (Å²) < 4.78 is 35.4. The summed E-state index contributed by atoms with van der Waals surface area (Å²) in [7, 11) is 0. The largest absolute Gasteiger partial charge is 0.504 e. The lowest BCUT2D eigenvalue weighted by atomic mass is 10.3.